The topological polar surface area (TPSA) is 57.5 Å². The summed E-state index contributed by atoms with van der Waals surface area (Å²) in [6.45, 7) is 3.70. The first-order valence-electron chi connectivity index (χ1n) is 6.48. The molecule has 0 saturated heterocycles. The first kappa shape index (κ1) is 15.4. The quantitative estimate of drug-likeness (QED) is 0.861. The van der Waals surface area contributed by atoms with Crippen LogP contribution in [-0.2, 0) is 18.0 Å². The van der Waals surface area contributed by atoms with Crippen LogP contribution in [-0.4, -0.2) is 16.0 Å². The number of ketones is 1. The Labute approximate surface area is 126 Å². The van der Waals surface area contributed by atoms with Gasteiger partial charge in [0.1, 0.15) is 5.78 Å². The molecule has 0 amide bonds. The van der Waals surface area contributed by atoms with Crippen molar-refractivity contribution in [2.75, 3.05) is 0 Å². The Bertz CT molecular complexity index is 535. The molecule has 2 aromatic heterocycles. The zero-order chi connectivity index (χ0) is 14.7. The minimum atomic E-state index is -0.246. The lowest BCUT2D eigenvalue weighted by Crippen LogP contribution is -2.17. The van der Waals surface area contributed by atoms with Gasteiger partial charge in [0.25, 0.3) is 0 Å². The number of carbonyl (C=O) groups excluding carboxylic acids is 1. The molecule has 5 heteroatoms. The molecule has 2 atom stereocenters. The largest absolute Gasteiger partial charge is 0.391 e. The molecular formula is C15H18O3S2. The summed E-state index contributed by atoms with van der Waals surface area (Å²) in [5, 5.41) is 22.4. The van der Waals surface area contributed by atoms with Gasteiger partial charge in [0.05, 0.1) is 13.2 Å². The van der Waals surface area contributed by atoms with Crippen molar-refractivity contribution in [2.24, 2.45) is 0 Å². The van der Waals surface area contributed by atoms with Crippen molar-refractivity contribution in [3.05, 3.63) is 43.8 Å². The van der Waals surface area contributed by atoms with Gasteiger partial charge in [0, 0.05) is 21.6 Å². The van der Waals surface area contributed by atoms with E-state index in [1.54, 1.807) is 0 Å². The molecule has 2 heterocycles. The standard InChI is InChI=1S/C15H18O3S2/c1-9(11-3-5-19-13(11)7-16)15(18)10(2)12-4-6-20-14(12)8-17/h3-6,9-10,16-17H,7-8H2,1-2H3. The van der Waals surface area contributed by atoms with E-state index in [-0.39, 0.29) is 30.8 Å². The molecule has 0 fully saturated rings. The third-order valence-electron chi connectivity index (χ3n) is 3.63. The molecule has 108 valence electrons. The number of aliphatic hydroxyl groups excluding tert-OH is 2. The number of Topliss-reactive ketones (excluding diaryl/α,β-unsaturated/α-hetero) is 1. The Balaban J connectivity index is 2.23. The molecule has 0 bridgehead atoms. The second kappa shape index (κ2) is 6.63. The van der Waals surface area contributed by atoms with Gasteiger partial charge in [-0.1, -0.05) is 13.8 Å². The van der Waals surface area contributed by atoms with E-state index in [9.17, 15) is 15.0 Å². The maximum Gasteiger partial charge on any atom is 0.147 e. The Morgan fingerprint density at radius 2 is 1.40 bits per heavy atom. The minimum absolute atomic E-state index is 0.0284. The fraction of sp³-hybridized carbons (Fsp3) is 0.400. The van der Waals surface area contributed by atoms with Gasteiger partial charge in [-0.25, -0.2) is 0 Å². The third kappa shape index (κ3) is 2.86. The van der Waals surface area contributed by atoms with Crippen LogP contribution in [0.15, 0.2) is 22.9 Å². The highest BCUT2D eigenvalue weighted by molar-refractivity contribution is 7.10. The van der Waals surface area contributed by atoms with Gasteiger partial charge >= 0.3 is 0 Å². The van der Waals surface area contributed by atoms with Crippen molar-refractivity contribution in [3.8, 4) is 0 Å². The van der Waals surface area contributed by atoms with Gasteiger partial charge in [-0.3, -0.25) is 4.79 Å². The van der Waals surface area contributed by atoms with Gasteiger partial charge in [-0.05, 0) is 34.0 Å². The van der Waals surface area contributed by atoms with E-state index in [0.29, 0.717) is 0 Å². The first-order valence-corrected chi connectivity index (χ1v) is 8.24. The van der Waals surface area contributed by atoms with Gasteiger partial charge in [-0.2, -0.15) is 0 Å². The predicted molar refractivity (Wildman–Crippen MR) is 82.3 cm³/mol. The smallest absolute Gasteiger partial charge is 0.147 e. The molecule has 2 aromatic rings. The van der Waals surface area contributed by atoms with Crippen LogP contribution < -0.4 is 0 Å². The average Bonchev–Trinajstić information content (AvgIpc) is 3.12. The van der Waals surface area contributed by atoms with Crippen LogP contribution >= 0.6 is 22.7 Å². The molecular weight excluding hydrogens is 292 g/mol. The van der Waals surface area contributed by atoms with Crippen molar-refractivity contribution in [1.29, 1.82) is 0 Å². The van der Waals surface area contributed by atoms with Crippen molar-refractivity contribution >= 4 is 28.5 Å². The van der Waals surface area contributed by atoms with E-state index in [0.717, 1.165) is 20.9 Å². The van der Waals surface area contributed by atoms with Crippen molar-refractivity contribution in [2.45, 2.75) is 38.9 Å². The molecule has 0 aliphatic carbocycles. The molecule has 0 spiro atoms. The van der Waals surface area contributed by atoms with Crippen LogP contribution in [0.5, 0.6) is 0 Å². The molecule has 2 unspecified atom stereocenters. The fourth-order valence-corrected chi connectivity index (χ4v) is 4.08. The fourth-order valence-electron chi connectivity index (χ4n) is 2.41. The van der Waals surface area contributed by atoms with Crippen LogP contribution in [0, 0.1) is 0 Å². The zero-order valence-electron chi connectivity index (χ0n) is 11.5. The number of hydrogen-bond donors (Lipinski definition) is 2. The molecule has 2 N–H and O–H groups in total. The zero-order valence-corrected chi connectivity index (χ0v) is 13.1. The average molecular weight is 310 g/mol. The van der Waals surface area contributed by atoms with E-state index < -0.39 is 0 Å². The highest BCUT2D eigenvalue weighted by atomic mass is 32.1. The van der Waals surface area contributed by atoms with Crippen LogP contribution in [0.4, 0.5) is 0 Å². The van der Waals surface area contributed by atoms with E-state index in [1.807, 2.05) is 36.7 Å². The van der Waals surface area contributed by atoms with Crippen LogP contribution in [0.2, 0.25) is 0 Å². The van der Waals surface area contributed by atoms with E-state index in [2.05, 4.69) is 0 Å². The first-order chi connectivity index (χ1) is 9.60. The third-order valence-corrected chi connectivity index (χ3v) is 5.48. The minimum Gasteiger partial charge on any atom is -0.391 e. The predicted octanol–water partition coefficient (Wildman–Crippen LogP) is 3.27. The number of aliphatic hydroxyl groups is 2. The summed E-state index contributed by atoms with van der Waals surface area (Å²) in [6.07, 6.45) is 0. The second-order valence-electron chi connectivity index (χ2n) is 4.76. The van der Waals surface area contributed by atoms with E-state index in [4.69, 9.17) is 0 Å². The maximum atomic E-state index is 12.6. The summed E-state index contributed by atoms with van der Waals surface area (Å²) < 4.78 is 0. The lowest BCUT2D eigenvalue weighted by atomic mass is 9.86. The Morgan fingerprint density at radius 1 is 1.00 bits per heavy atom. The molecule has 20 heavy (non-hydrogen) atoms. The highest BCUT2D eigenvalue weighted by Crippen LogP contribution is 2.33. The second-order valence-corrected chi connectivity index (χ2v) is 6.76. The monoisotopic (exact) mass is 310 g/mol. The van der Waals surface area contributed by atoms with Crippen molar-refractivity contribution in [1.82, 2.24) is 0 Å². The molecule has 2 rings (SSSR count). The van der Waals surface area contributed by atoms with Crippen LogP contribution in [0.1, 0.15) is 46.6 Å². The summed E-state index contributed by atoms with van der Waals surface area (Å²) in [5.74, 6) is -0.374. The Hall–Kier alpha value is -1.01. The summed E-state index contributed by atoms with van der Waals surface area (Å²) in [5.41, 5.74) is 1.82. The van der Waals surface area contributed by atoms with E-state index >= 15 is 0 Å². The van der Waals surface area contributed by atoms with Crippen molar-refractivity contribution < 1.29 is 15.0 Å². The van der Waals surface area contributed by atoms with Crippen LogP contribution in [0.3, 0.4) is 0 Å². The number of carbonyl (C=O) groups is 1. The highest BCUT2D eigenvalue weighted by Gasteiger charge is 2.26. The Morgan fingerprint density at radius 3 is 1.75 bits per heavy atom. The summed E-state index contributed by atoms with van der Waals surface area (Å²) >= 11 is 2.94. The summed E-state index contributed by atoms with van der Waals surface area (Å²) in [4.78, 5) is 14.3. The van der Waals surface area contributed by atoms with Gasteiger partial charge < -0.3 is 10.2 Å². The van der Waals surface area contributed by atoms with Crippen LogP contribution in [0.25, 0.3) is 0 Å². The normalized spacial score (nSPS) is 14.2. The van der Waals surface area contributed by atoms with Crippen molar-refractivity contribution in [3.63, 3.8) is 0 Å². The molecule has 0 aliphatic rings. The molecule has 0 aliphatic heterocycles. The SMILES string of the molecule is CC(C(=O)C(C)c1ccsc1CO)c1ccsc1CO. The van der Waals surface area contributed by atoms with Gasteiger partial charge in [-0.15, -0.1) is 22.7 Å². The number of hydrogen-bond acceptors (Lipinski definition) is 5. The molecule has 0 radical (unpaired) electrons. The summed E-state index contributed by atoms with van der Waals surface area (Å²) in [7, 11) is 0. The number of thiophene rings is 2. The Kier molecular flexibility index (Phi) is 5.10. The maximum absolute atomic E-state index is 12.6. The van der Waals surface area contributed by atoms with Gasteiger partial charge in [0.2, 0.25) is 0 Å². The molecule has 0 aromatic carbocycles. The number of rotatable bonds is 6. The summed E-state index contributed by atoms with van der Waals surface area (Å²) in [6, 6.07) is 3.82. The molecule has 0 saturated carbocycles. The molecule has 3 nitrogen and oxygen atoms in total. The van der Waals surface area contributed by atoms with E-state index in [1.165, 1.54) is 22.7 Å². The van der Waals surface area contributed by atoms with Gasteiger partial charge in [0.15, 0.2) is 0 Å². The lowest BCUT2D eigenvalue weighted by Gasteiger charge is -2.17. The lowest BCUT2D eigenvalue weighted by molar-refractivity contribution is -0.121.